The van der Waals surface area contributed by atoms with Crippen LogP contribution in [-0.4, -0.2) is 17.3 Å². The molecule has 0 fully saturated rings. The molecule has 1 rings (SSSR count). The number of nitrogens with one attached hydrogen (secondary N) is 1. The molecular formula is C6H8N2O3S2. The predicted molar refractivity (Wildman–Crippen MR) is 49.0 cm³/mol. The normalized spacial score (nSPS) is 14.9. The molecule has 0 aromatic carbocycles. The molecule has 1 aromatic heterocycles. The quantitative estimate of drug-likeness (QED) is 0.722. The predicted octanol–water partition coefficient (Wildman–Crippen LogP) is 0.814. The van der Waals surface area contributed by atoms with Crippen molar-refractivity contribution in [3.8, 4) is 0 Å². The molecule has 0 spiro atoms. The highest BCUT2D eigenvalue weighted by molar-refractivity contribution is 7.90. The van der Waals surface area contributed by atoms with Gasteiger partial charge in [-0.05, 0) is 0 Å². The van der Waals surface area contributed by atoms with Crippen LogP contribution in [0.3, 0.4) is 0 Å². The van der Waals surface area contributed by atoms with Crippen molar-refractivity contribution >= 4 is 27.2 Å². The molecular weight excluding hydrogens is 212 g/mol. The average molecular weight is 220 g/mol. The summed E-state index contributed by atoms with van der Waals surface area (Å²) in [7, 11) is -2.12. The van der Waals surface area contributed by atoms with Gasteiger partial charge in [-0.25, -0.2) is 18.9 Å². The SMILES string of the molecule is COC(=O)c1cscc1S(=N)(N)=O. The summed E-state index contributed by atoms with van der Waals surface area (Å²) in [5.74, 6) is -0.623. The van der Waals surface area contributed by atoms with Crippen molar-refractivity contribution in [1.29, 1.82) is 4.78 Å². The number of carbonyl (C=O) groups is 1. The van der Waals surface area contributed by atoms with Crippen molar-refractivity contribution in [2.75, 3.05) is 7.11 Å². The number of methoxy groups -OCH3 is 1. The summed E-state index contributed by atoms with van der Waals surface area (Å²) in [6.07, 6.45) is 0. The lowest BCUT2D eigenvalue weighted by Crippen LogP contribution is -2.14. The fraction of sp³-hybridized carbons (Fsp3) is 0.167. The summed E-state index contributed by atoms with van der Waals surface area (Å²) in [6.45, 7) is 0. The third-order valence-corrected chi connectivity index (χ3v) is 3.24. The number of esters is 1. The first-order valence-corrected chi connectivity index (χ1v) is 5.74. The molecule has 0 saturated carbocycles. The van der Waals surface area contributed by atoms with Gasteiger partial charge in [0.2, 0.25) is 0 Å². The summed E-state index contributed by atoms with van der Waals surface area (Å²) in [4.78, 5) is 11.1. The van der Waals surface area contributed by atoms with Crippen LogP contribution in [0, 0.1) is 4.78 Å². The van der Waals surface area contributed by atoms with Gasteiger partial charge in [-0.1, -0.05) is 0 Å². The number of hydrogen-bond acceptors (Lipinski definition) is 5. The van der Waals surface area contributed by atoms with E-state index in [1.807, 2.05) is 0 Å². The zero-order valence-electron chi connectivity index (χ0n) is 6.77. The number of thiophene rings is 1. The Morgan fingerprint density at radius 1 is 1.69 bits per heavy atom. The van der Waals surface area contributed by atoms with Gasteiger partial charge >= 0.3 is 5.97 Å². The van der Waals surface area contributed by atoms with Crippen molar-refractivity contribution < 1.29 is 13.7 Å². The fourth-order valence-corrected chi connectivity index (χ4v) is 2.74. The molecule has 1 atom stereocenters. The standard InChI is InChI=1S/C6H8N2O3S2/c1-11-6(9)4-2-12-3-5(4)13(7,8)10/h2-3H,1H3,(H3,7,8,10). The molecule has 1 aromatic rings. The minimum absolute atomic E-state index is 0.0318. The van der Waals surface area contributed by atoms with Gasteiger partial charge in [0, 0.05) is 10.8 Å². The van der Waals surface area contributed by atoms with Crippen LogP contribution in [0.2, 0.25) is 0 Å². The van der Waals surface area contributed by atoms with E-state index in [1.54, 1.807) is 0 Å². The van der Waals surface area contributed by atoms with E-state index >= 15 is 0 Å². The Balaban J connectivity index is 3.26. The molecule has 72 valence electrons. The van der Waals surface area contributed by atoms with Crippen molar-refractivity contribution in [2.24, 2.45) is 5.14 Å². The van der Waals surface area contributed by atoms with Crippen LogP contribution in [0.1, 0.15) is 10.4 Å². The number of nitrogens with two attached hydrogens (primary N) is 1. The Labute approximate surface area is 79.6 Å². The van der Waals surface area contributed by atoms with Crippen molar-refractivity contribution in [2.45, 2.75) is 4.90 Å². The molecule has 1 heterocycles. The first-order valence-electron chi connectivity index (χ1n) is 3.18. The Kier molecular flexibility index (Phi) is 2.69. The maximum atomic E-state index is 11.1. The van der Waals surface area contributed by atoms with Crippen LogP contribution in [0.25, 0.3) is 0 Å². The molecule has 5 nitrogen and oxygen atoms in total. The van der Waals surface area contributed by atoms with Gasteiger partial charge in [0.1, 0.15) is 9.92 Å². The van der Waals surface area contributed by atoms with E-state index in [4.69, 9.17) is 9.92 Å². The monoisotopic (exact) mass is 220 g/mol. The Morgan fingerprint density at radius 3 is 2.77 bits per heavy atom. The second-order valence-corrected chi connectivity index (χ2v) is 4.63. The van der Waals surface area contributed by atoms with Gasteiger partial charge in [0.15, 0.2) is 0 Å². The molecule has 13 heavy (non-hydrogen) atoms. The molecule has 0 saturated heterocycles. The second-order valence-electron chi connectivity index (χ2n) is 2.24. The van der Waals surface area contributed by atoms with Crippen molar-refractivity contribution in [1.82, 2.24) is 0 Å². The van der Waals surface area contributed by atoms with Crippen LogP contribution in [0.5, 0.6) is 0 Å². The van der Waals surface area contributed by atoms with Crippen LogP contribution in [0.4, 0.5) is 0 Å². The van der Waals surface area contributed by atoms with Crippen LogP contribution >= 0.6 is 11.3 Å². The first kappa shape index (κ1) is 10.2. The van der Waals surface area contributed by atoms with Gasteiger partial charge in [0.25, 0.3) is 0 Å². The first-order chi connectivity index (χ1) is 5.96. The molecule has 0 bridgehead atoms. The molecule has 3 N–H and O–H groups in total. The number of carbonyl (C=O) groups excluding carboxylic acids is 1. The molecule has 0 aliphatic heterocycles. The Morgan fingerprint density at radius 2 is 2.31 bits per heavy atom. The Hall–Kier alpha value is -0.920. The highest BCUT2D eigenvalue weighted by Crippen LogP contribution is 2.20. The largest absolute Gasteiger partial charge is 0.465 e. The summed E-state index contributed by atoms with van der Waals surface area (Å²) in [5, 5.41) is 7.97. The highest BCUT2D eigenvalue weighted by atomic mass is 32.2. The maximum absolute atomic E-state index is 11.1. The van der Waals surface area contributed by atoms with E-state index in [9.17, 15) is 9.00 Å². The summed E-state index contributed by atoms with van der Waals surface area (Å²) < 4.78 is 22.7. The van der Waals surface area contributed by atoms with Crippen molar-refractivity contribution in [3.63, 3.8) is 0 Å². The number of hydrogen-bond donors (Lipinski definition) is 2. The van der Waals surface area contributed by atoms with Gasteiger partial charge in [-0.3, -0.25) is 0 Å². The average Bonchev–Trinajstić information content (AvgIpc) is 2.49. The summed E-state index contributed by atoms with van der Waals surface area (Å²) >= 11 is 1.16. The molecule has 0 aliphatic carbocycles. The van der Waals surface area contributed by atoms with Crippen LogP contribution in [-0.2, 0) is 14.7 Å². The molecule has 0 radical (unpaired) electrons. The van der Waals surface area contributed by atoms with E-state index < -0.39 is 15.9 Å². The maximum Gasteiger partial charge on any atom is 0.340 e. The van der Waals surface area contributed by atoms with Gasteiger partial charge < -0.3 is 4.74 Å². The molecule has 1 unspecified atom stereocenters. The zero-order chi connectivity index (χ0) is 10.1. The van der Waals surface area contributed by atoms with E-state index in [1.165, 1.54) is 17.9 Å². The third-order valence-electron chi connectivity index (χ3n) is 1.36. The van der Waals surface area contributed by atoms with Gasteiger partial charge in [0.05, 0.1) is 17.6 Å². The highest BCUT2D eigenvalue weighted by Gasteiger charge is 2.18. The van der Waals surface area contributed by atoms with Crippen LogP contribution < -0.4 is 5.14 Å². The number of rotatable bonds is 2. The van der Waals surface area contributed by atoms with Gasteiger partial charge in [-0.15, -0.1) is 0 Å². The molecule has 0 amide bonds. The van der Waals surface area contributed by atoms with E-state index in [2.05, 4.69) is 4.74 Å². The third kappa shape index (κ3) is 2.06. The van der Waals surface area contributed by atoms with E-state index in [0.29, 0.717) is 0 Å². The lowest BCUT2D eigenvalue weighted by molar-refractivity contribution is 0.0597. The molecule has 7 heteroatoms. The Bertz CT molecular complexity index is 421. The fourth-order valence-electron chi connectivity index (χ4n) is 0.779. The molecule has 0 aliphatic rings. The van der Waals surface area contributed by atoms with Crippen molar-refractivity contribution in [3.05, 3.63) is 16.3 Å². The summed E-state index contributed by atoms with van der Waals surface area (Å²) in [5.41, 5.74) is 0.106. The van der Waals surface area contributed by atoms with E-state index in [0.717, 1.165) is 11.3 Å². The smallest absolute Gasteiger partial charge is 0.340 e. The lowest BCUT2D eigenvalue weighted by Gasteiger charge is -2.00. The van der Waals surface area contributed by atoms with E-state index in [-0.39, 0.29) is 10.5 Å². The summed E-state index contributed by atoms with van der Waals surface area (Å²) in [6, 6.07) is 0. The minimum Gasteiger partial charge on any atom is -0.465 e. The zero-order valence-corrected chi connectivity index (χ0v) is 8.41. The van der Waals surface area contributed by atoms with Gasteiger partial charge in [-0.2, -0.15) is 11.3 Å². The topological polar surface area (TPSA) is 93.2 Å². The van der Waals surface area contributed by atoms with Crippen LogP contribution in [0.15, 0.2) is 15.7 Å². The minimum atomic E-state index is -3.34. The lowest BCUT2D eigenvalue weighted by atomic mass is 10.3. The number of ether oxygens (including phenoxy) is 1. The second kappa shape index (κ2) is 3.44.